The smallest absolute Gasteiger partial charge is 0.270 e. The second kappa shape index (κ2) is 7.04. The van der Waals surface area contributed by atoms with Crippen LogP contribution in [0, 0.1) is 5.92 Å². The highest BCUT2D eigenvalue weighted by Crippen LogP contribution is 2.32. The van der Waals surface area contributed by atoms with Gasteiger partial charge in [-0.05, 0) is 49.3 Å². The molecular weight excluding hydrogens is 312 g/mol. The van der Waals surface area contributed by atoms with Gasteiger partial charge in [0.15, 0.2) is 0 Å². The van der Waals surface area contributed by atoms with E-state index in [2.05, 4.69) is 24.3 Å². The van der Waals surface area contributed by atoms with Crippen molar-refractivity contribution >= 4 is 5.91 Å². The number of amides is 1. The lowest BCUT2D eigenvalue weighted by Crippen LogP contribution is -2.42. The first-order chi connectivity index (χ1) is 12.2. The number of ether oxygens (including phenoxy) is 1. The zero-order chi connectivity index (χ0) is 17.2. The highest BCUT2D eigenvalue weighted by atomic mass is 16.5. The first kappa shape index (κ1) is 16.4. The predicted molar refractivity (Wildman–Crippen MR) is 97.5 cm³/mol. The van der Waals surface area contributed by atoms with E-state index in [4.69, 9.17) is 4.74 Å². The molecule has 4 heteroatoms. The molecule has 1 saturated heterocycles. The van der Waals surface area contributed by atoms with Crippen molar-refractivity contribution in [2.75, 3.05) is 13.2 Å². The molecular formula is C21H26N2O2. The molecule has 0 bridgehead atoms. The summed E-state index contributed by atoms with van der Waals surface area (Å²) in [6.45, 7) is 1.62. The Bertz CT molecular complexity index is 721. The normalized spacial score (nSPS) is 23.2. The maximum absolute atomic E-state index is 13.1. The number of hydrogen-bond acceptors (Lipinski definition) is 2. The van der Waals surface area contributed by atoms with Crippen LogP contribution in [0.4, 0.5) is 0 Å². The van der Waals surface area contributed by atoms with Gasteiger partial charge in [0.2, 0.25) is 0 Å². The number of aromatic nitrogens is 1. The minimum absolute atomic E-state index is 0.114. The molecule has 2 heterocycles. The lowest BCUT2D eigenvalue weighted by atomic mass is 10.0. The SMILES string of the molecule is Cn1cccc1C(=O)N1CC[C@@H](OCC2CC2)[C@@H]1Cc1ccccc1. The van der Waals surface area contributed by atoms with E-state index >= 15 is 0 Å². The Morgan fingerprint density at radius 3 is 2.60 bits per heavy atom. The van der Waals surface area contributed by atoms with Crippen LogP contribution in [0.15, 0.2) is 48.7 Å². The molecule has 4 rings (SSSR count). The second-order valence-corrected chi connectivity index (χ2v) is 7.36. The minimum Gasteiger partial charge on any atom is -0.376 e. The van der Waals surface area contributed by atoms with Crippen LogP contribution in [-0.2, 0) is 18.2 Å². The molecule has 1 aliphatic carbocycles. The first-order valence-electron chi connectivity index (χ1n) is 9.30. The average molecular weight is 338 g/mol. The topological polar surface area (TPSA) is 34.5 Å². The van der Waals surface area contributed by atoms with E-state index in [1.807, 2.05) is 40.9 Å². The summed E-state index contributed by atoms with van der Waals surface area (Å²) >= 11 is 0. The minimum atomic E-state index is 0.114. The van der Waals surface area contributed by atoms with E-state index in [0.717, 1.165) is 37.6 Å². The second-order valence-electron chi connectivity index (χ2n) is 7.36. The van der Waals surface area contributed by atoms with Gasteiger partial charge in [0.1, 0.15) is 5.69 Å². The summed E-state index contributed by atoms with van der Waals surface area (Å²) in [5.74, 6) is 0.862. The molecule has 1 saturated carbocycles. The van der Waals surface area contributed by atoms with Crippen molar-refractivity contribution in [3.05, 3.63) is 59.9 Å². The zero-order valence-corrected chi connectivity index (χ0v) is 14.8. The van der Waals surface area contributed by atoms with Gasteiger partial charge in [-0.1, -0.05) is 30.3 Å². The molecule has 1 amide bonds. The molecule has 0 N–H and O–H groups in total. The third kappa shape index (κ3) is 3.64. The highest BCUT2D eigenvalue weighted by molar-refractivity contribution is 5.93. The Kier molecular flexibility index (Phi) is 4.62. The van der Waals surface area contributed by atoms with Crippen molar-refractivity contribution in [2.24, 2.45) is 13.0 Å². The number of rotatable bonds is 6. The van der Waals surface area contributed by atoms with E-state index in [9.17, 15) is 4.79 Å². The molecule has 1 aromatic heterocycles. The fourth-order valence-corrected chi connectivity index (χ4v) is 3.74. The van der Waals surface area contributed by atoms with Crippen LogP contribution in [0.2, 0.25) is 0 Å². The first-order valence-corrected chi connectivity index (χ1v) is 9.30. The molecule has 4 nitrogen and oxygen atoms in total. The maximum atomic E-state index is 13.1. The van der Waals surface area contributed by atoms with Crippen molar-refractivity contribution in [3.8, 4) is 0 Å². The Morgan fingerprint density at radius 2 is 1.92 bits per heavy atom. The van der Waals surface area contributed by atoms with Gasteiger partial charge >= 0.3 is 0 Å². The molecule has 0 radical (unpaired) electrons. The van der Waals surface area contributed by atoms with E-state index in [-0.39, 0.29) is 18.1 Å². The quantitative estimate of drug-likeness (QED) is 0.810. The number of benzene rings is 1. The van der Waals surface area contributed by atoms with E-state index in [0.29, 0.717) is 0 Å². The molecule has 1 aliphatic heterocycles. The number of carbonyl (C=O) groups is 1. The number of nitrogens with zero attached hydrogens (tertiary/aromatic N) is 2. The zero-order valence-electron chi connectivity index (χ0n) is 14.8. The van der Waals surface area contributed by atoms with E-state index in [1.54, 1.807) is 0 Å². The van der Waals surface area contributed by atoms with Crippen LogP contribution in [0.3, 0.4) is 0 Å². The largest absolute Gasteiger partial charge is 0.376 e. The van der Waals surface area contributed by atoms with Crippen molar-refractivity contribution < 1.29 is 9.53 Å². The predicted octanol–water partition coefficient (Wildman–Crippen LogP) is 3.28. The average Bonchev–Trinajstić information content (AvgIpc) is 3.23. The Labute approximate surface area is 149 Å². The third-order valence-electron chi connectivity index (χ3n) is 5.44. The number of aryl methyl sites for hydroxylation is 1. The summed E-state index contributed by atoms with van der Waals surface area (Å²) in [5.41, 5.74) is 2.01. The van der Waals surface area contributed by atoms with Crippen LogP contribution in [0.25, 0.3) is 0 Å². The van der Waals surface area contributed by atoms with Crippen molar-refractivity contribution in [2.45, 2.75) is 37.8 Å². The summed E-state index contributed by atoms with van der Waals surface area (Å²) in [7, 11) is 1.93. The van der Waals surface area contributed by atoms with Crippen LogP contribution in [0.1, 0.15) is 35.3 Å². The molecule has 2 atom stereocenters. The van der Waals surface area contributed by atoms with E-state index < -0.39 is 0 Å². The summed E-state index contributed by atoms with van der Waals surface area (Å²) in [5, 5.41) is 0. The molecule has 0 unspecified atom stereocenters. The summed E-state index contributed by atoms with van der Waals surface area (Å²) in [6, 6.07) is 14.4. The summed E-state index contributed by atoms with van der Waals surface area (Å²) in [4.78, 5) is 15.1. The monoisotopic (exact) mass is 338 g/mol. The van der Waals surface area contributed by atoms with Gasteiger partial charge in [-0.25, -0.2) is 0 Å². The maximum Gasteiger partial charge on any atom is 0.270 e. The molecule has 2 aliphatic rings. The Morgan fingerprint density at radius 1 is 1.12 bits per heavy atom. The summed E-state index contributed by atoms with van der Waals surface area (Å²) in [6.07, 6.45) is 6.44. The van der Waals surface area contributed by atoms with Gasteiger partial charge in [-0.2, -0.15) is 0 Å². The van der Waals surface area contributed by atoms with Gasteiger partial charge in [0.05, 0.1) is 12.1 Å². The number of likely N-dealkylation sites (tertiary alicyclic amines) is 1. The molecule has 132 valence electrons. The van der Waals surface area contributed by atoms with Crippen molar-refractivity contribution in [3.63, 3.8) is 0 Å². The molecule has 2 aromatic rings. The fraction of sp³-hybridized carbons (Fsp3) is 0.476. The lowest BCUT2D eigenvalue weighted by molar-refractivity contribution is 0.0198. The molecule has 2 fully saturated rings. The van der Waals surface area contributed by atoms with Crippen LogP contribution < -0.4 is 0 Å². The van der Waals surface area contributed by atoms with Gasteiger partial charge in [-0.3, -0.25) is 4.79 Å². The molecule has 1 aromatic carbocycles. The fourth-order valence-electron chi connectivity index (χ4n) is 3.74. The van der Waals surface area contributed by atoms with Crippen LogP contribution in [0.5, 0.6) is 0 Å². The molecule has 0 spiro atoms. The standard InChI is InChI=1S/C21H26N2O2/c1-22-12-5-8-18(22)21(24)23-13-11-20(25-15-17-9-10-17)19(23)14-16-6-3-2-4-7-16/h2-8,12,17,19-20H,9-11,13-15H2,1H3/t19-,20+/m0/s1. The Hall–Kier alpha value is -2.07. The van der Waals surface area contributed by atoms with Crippen molar-refractivity contribution in [1.29, 1.82) is 0 Å². The third-order valence-corrected chi connectivity index (χ3v) is 5.44. The lowest BCUT2D eigenvalue weighted by Gasteiger charge is -2.28. The van der Waals surface area contributed by atoms with Crippen LogP contribution in [-0.4, -0.2) is 40.7 Å². The Balaban J connectivity index is 1.53. The van der Waals surface area contributed by atoms with Crippen LogP contribution >= 0.6 is 0 Å². The van der Waals surface area contributed by atoms with E-state index in [1.165, 1.54) is 18.4 Å². The van der Waals surface area contributed by atoms with Gasteiger partial charge in [-0.15, -0.1) is 0 Å². The number of carbonyl (C=O) groups excluding carboxylic acids is 1. The van der Waals surface area contributed by atoms with Gasteiger partial charge in [0.25, 0.3) is 5.91 Å². The molecule has 25 heavy (non-hydrogen) atoms. The van der Waals surface area contributed by atoms with Crippen molar-refractivity contribution in [1.82, 2.24) is 9.47 Å². The number of hydrogen-bond donors (Lipinski definition) is 0. The van der Waals surface area contributed by atoms with Gasteiger partial charge in [0, 0.05) is 26.4 Å². The summed E-state index contributed by atoms with van der Waals surface area (Å²) < 4.78 is 8.14. The highest BCUT2D eigenvalue weighted by Gasteiger charge is 2.39. The van der Waals surface area contributed by atoms with Gasteiger partial charge < -0.3 is 14.2 Å².